The zero-order valence-corrected chi connectivity index (χ0v) is 22.8. The van der Waals surface area contributed by atoms with E-state index in [1.54, 1.807) is 23.0 Å². The minimum absolute atomic E-state index is 0.0944. The minimum Gasteiger partial charge on any atom is -0.490 e. The van der Waals surface area contributed by atoms with E-state index in [-0.39, 0.29) is 24.1 Å². The predicted molar refractivity (Wildman–Crippen MR) is 154 cm³/mol. The van der Waals surface area contributed by atoms with Crippen molar-refractivity contribution in [3.8, 4) is 5.75 Å². The number of carboxylic acid groups (broad SMARTS) is 1. The summed E-state index contributed by atoms with van der Waals surface area (Å²) in [5.41, 5.74) is 2.23. The Morgan fingerprint density at radius 3 is 2.68 bits per heavy atom. The number of amides is 1. The van der Waals surface area contributed by atoms with Crippen LogP contribution in [0.2, 0.25) is 0 Å². The molecule has 1 fully saturated rings. The summed E-state index contributed by atoms with van der Waals surface area (Å²) in [6.07, 6.45) is 8.52. The Labute approximate surface area is 238 Å². The molecule has 1 saturated heterocycles. The highest BCUT2D eigenvalue weighted by atomic mass is 19.1. The molecule has 0 saturated carbocycles. The third-order valence-electron chi connectivity index (χ3n) is 6.90. The molecule has 2 aromatic heterocycles. The van der Waals surface area contributed by atoms with Gasteiger partial charge in [0.05, 0.1) is 19.7 Å². The van der Waals surface area contributed by atoms with Gasteiger partial charge in [-0.25, -0.2) is 14.2 Å². The summed E-state index contributed by atoms with van der Waals surface area (Å²) in [4.78, 5) is 24.3. The van der Waals surface area contributed by atoms with Crippen LogP contribution in [0.1, 0.15) is 36.8 Å². The summed E-state index contributed by atoms with van der Waals surface area (Å²) in [5, 5.41) is 17.1. The average molecular weight is 560 g/mol. The Hall–Kier alpha value is -4.51. The zero-order chi connectivity index (χ0) is 28.4. The second kappa shape index (κ2) is 13.7. The van der Waals surface area contributed by atoms with Crippen molar-refractivity contribution in [2.45, 2.75) is 38.8 Å². The molecule has 0 aliphatic carbocycles. The molecule has 2 N–H and O–H groups in total. The lowest BCUT2D eigenvalue weighted by Crippen LogP contribution is -2.31. The molecule has 2 aromatic carbocycles. The van der Waals surface area contributed by atoms with Crippen LogP contribution in [0.25, 0.3) is 0 Å². The lowest BCUT2D eigenvalue weighted by Gasteiger charge is -2.26. The fourth-order valence-corrected chi connectivity index (χ4v) is 4.87. The van der Waals surface area contributed by atoms with E-state index in [0.29, 0.717) is 18.8 Å². The highest BCUT2D eigenvalue weighted by molar-refractivity contribution is 5.84. The Morgan fingerprint density at radius 1 is 1.05 bits per heavy atom. The third kappa shape index (κ3) is 8.01. The van der Waals surface area contributed by atoms with Crippen molar-refractivity contribution in [3.05, 3.63) is 90.1 Å². The van der Waals surface area contributed by atoms with Crippen LogP contribution in [-0.2, 0) is 13.1 Å². The van der Waals surface area contributed by atoms with Gasteiger partial charge in [0.15, 0.2) is 11.6 Å². The number of hydrogen-bond donors (Lipinski definition) is 2. The monoisotopic (exact) mass is 559 g/mol. The van der Waals surface area contributed by atoms with Crippen molar-refractivity contribution >= 4 is 23.5 Å². The fraction of sp³-hybridized carbons (Fsp3) is 0.333. The Morgan fingerprint density at radius 2 is 1.90 bits per heavy atom. The minimum atomic E-state index is -1.15. The van der Waals surface area contributed by atoms with Gasteiger partial charge in [-0.1, -0.05) is 30.7 Å². The molecule has 0 spiro atoms. The van der Waals surface area contributed by atoms with E-state index in [1.165, 1.54) is 37.6 Å². The van der Waals surface area contributed by atoms with Gasteiger partial charge >= 0.3 is 6.09 Å². The molecule has 3 heterocycles. The van der Waals surface area contributed by atoms with Gasteiger partial charge in [0.1, 0.15) is 5.82 Å². The summed E-state index contributed by atoms with van der Waals surface area (Å²) >= 11 is 0. The summed E-state index contributed by atoms with van der Waals surface area (Å²) in [7, 11) is 0. The highest BCUT2D eigenvalue weighted by Crippen LogP contribution is 2.24. The number of nitrogens with zero attached hydrogens (tertiary/aromatic N) is 6. The largest absolute Gasteiger partial charge is 0.490 e. The van der Waals surface area contributed by atoms with Gasteiger partial charge in [0.2, 0.25) is 5.95 Å². The van der Waals surface area contributed by atoms with Crippen LogP contribution in [0.4, 0.5) is 26.6 Å². The Balaban J connectivity index is 1.19. The molecule has 0 atom stereocenters. The molecule has 41 heavy (non-hydrogen) atoms. The number of piperidine rings is 1. The number of halogens is 1. The van der Waals surface area contributed by atoms with Gasteiger partial charge in [-0.3, -0.25) is 9.58 Å². The Bertz CT molecular complexity index is 1430. The molecule has 214 valence electrons. The predicted octanol–water partition coefficient (Wildman–Crippen LogP) is 5.54. The maximum atomic E-state index is 14.7. The normalized spacial score (nSPS) is 13.6. The molecule has 0 bridgehead atoms. The van der Waals surface area contributed by atoms with Crippen molar-refractivity contribution < 1.29 is 19.0 Å². The summed E-state index contributed by atoms with van der Waals surface area (Å²) in [5.74, 6) is 0.0411. The molecule has 0 radical (unpaired) electrons. The Kier molecular flexibility index (Phi) is 9.37. The number of anilines is 3. The quantitative estimate of drug-likeness (QED) is 0.218. The molecule has 1 aliphatic heterocycles. The van der Waals surface area contributed by atoms with Crippen molar-refractivity contribution in [2.75, 3.05) is 36.5 Å². The van der Waals surface area contributed by atoms with E-state index in [4.69, 9.17) is 4.74 Å². The van der Waals surface area contributed by atoms with Crippen molar-refractivity contribution in [3.63, 3.8) is 0 Å². The van der Waals surface area contributed by atoms with Crippen molar-refractivity contribution in [2.24, 2.45) is 0 Å². The first-order valence-corrected chi connectivity index (χ1v) is 13.8. The molecule has 4 aromatic rings. The van der Waals surface area contributed by atoms with Gasteiger partial charge in [0, 0.05) is 36.9 Å². The van der Waals surface area contributed by atoms with Gasteiger partial charge in [0.25, 0.3) is 0 Å². The van der Waals surface area contributed by atoms with Crippen LogP contribution in [-0.4, -0.2) is 62.1 Å². The first-order chi connectivity index (χ1) is 20.0. The molecule has 1 amide bonds. The first-order valence-electron chi connectivity index (χ1n) is 13.8. The molecular formula is C30H34FN7O3. The number of carbonyl (C=O) groups is 1. The first kappa shape index (κ1) is 28.0. The van der Waals surface area contributed by atoms with E-state index in [1.807, 2.05) is 36.5 Å². The van der Waals surface area contributed by atoms with E-state index in [2.05, 4.69) is 25.3 Å². The summed E-state index contributed by atoms with van der Waals surface area (Å²) in [6.45, 7) is 4.33. The summed E-state index contributed by atoms with van der Waals surface area (Å²) in [6, 6.07) is 15.6. The van der Waals surface area contributed by atoms with E-state index < -0.39 is 11.9 Å². The number of benzene rings is 2. The second-order valence-electron chi connectivity index (χ2n) is 10.0. The molecule has 5 rings (SSSR count). The van der Waals surface area contributed by atoms with Crippen LogP contribution < -0.4 is 15.0 Å². The summed E-state index contributed by atoms with van der Waals surface area (Å²) < 4.78 is 22.2. The molecular weight excluding hydrogens is 525 g/mol. The number of likely N-dealkylation sites (tertiary alicyclic amines) is 1. The fourth-order valence-electron chi connectivity index (χ4n) is 4.87. The zero-order valence-electron chi connectivity index (χ0n) is 22.8. The maximum absolute atomic E-state index is 14.7. The SMILES string of the molecule is O=C(O)N(Cc1cccc(Cn2cccn2)c1)c1ccnc(Nc2ccc(OCCCN3CCCCC3)c(F)c2)n1. The standard InChI is InChI=1S/C30H34FN7O3/c31-26-20-25(9-10-27(26)41-18-6-16-36-14-2-1-3-15-36)34-29-32-13-11-28(35-29)38(30(39)40)22-24-8-4-7-23(19-24)21-37-17-5-12-33-37/h4-5,7-13,17,19-20H,1-3,6,14-16,18,21-22H2,(H,39,40)(H,32,34,35). The van der Waals surface area contributed by atoms with Crippen molar-refractivity contribution in [1.29, 1.82) is 0 Å². The van der Waals surface area contributed by atoms with Crippen LogP contribution in [0, 0.1) is 5.82 Å². The van der Waals surface area contributed by atoms with Gasteiger partial charge in [-0.15, -0.1) is 0 Å². The van der Waals surface area contributed by atoms with E-state index in [0.717, 1.165) is 42.1 Å². The number of rotatable bonds is 12. The van der Waals surface area contributed by atoms with Gasteiger partial charge < -0.3 is 20.1 Å². The van der Waals surface area contributed by atoms with Gasteiger partial charge in [-0.05, 0) is 67.7 Å². The van der Waals surface area contributed by atoms with Crippen LogP contribution in [0.15, 0.2) is 73.2 Å². The lowest BCUT2D eigenvalue weighted by molar-refractivity contribution is 0.201. The highest BCUT2D eigenvalue weighted by Gasteiger charge is 2.18. The van der Waals surface area contributed by atoms with Crippen LogP contribution >= 0.6 is 0 Å². The third-order valence-corrected chi connectivity index (χ3v) is 6.90. The number of ether oxygens (including phenoxy) is 1. The smallest absolute Gasteiger partial charge is 0.413 e. The van der Waals surface area contributed by atoms with Crippen LogP contribution in [0.5, 0.6) is 5.75 Å². The van der Waals surface area contributed by atoms with E-state index >= 15 is 0 Å². The number of nitrogens with one attached hydrogen (secondary N) is 1. The van der Waals surface area contributed by atoms with Gasteiger partial charge in [-0.2, -0.15) is 10.1 Å². The van der Waals surface area contributed by atoms with Crippen molar-refractivity contribution in [1.82, 2.24) is 24.6 Å². The number of hydrogen-bond acceptors (Lipinski definition) is 7. The molecule has 1 aliphatic rings. The average Bonchev–Trinajstić information content (AvgIpc) is 3.49. The second-order valence-corrected chi connectivity index (χ2v) is 10.0. The molecule has 11 heteroatoms. The molecule has 0 unspecified atom stereocenters. The van der Waals surface area contributed by atoms with Crippen LogP contribution in [0.3, 0.4) is 0 Å². The topological polar surface area (TPSA) is 109 Å². The molecule has 10 nitrogen and oxygen atoms in total. The maximum Gasteiger partial charge on any atom is 0.413 e. The van der Waals surface area contributed by atoms with E-state index in [9.17, 15) is 14.3 Å². The number of aromatic nitrogens is 4. The lowest BCUT2D eigenvalue weighted by atomic mass is 10.1.